The molecule has 5 heterocycles. The van der Waals surface area contributed by atoms with E-state index in [2.05, 4.69) is 31.9 Å². The van der Waals surface area contributed by atoms with Gasteiger partial charge in [0.15, 0.2) is 5.82 Å². The van der Waals surface area contributed by atoms with E-state index in [1.165, 1.54) is 5.69 Å². The zero-order valence-electron chi connectivity index (χ0n) is 22.8. The molecule has 0 aliphatic carbocycles. The Morgan fingerprint density at radius 1 is 1.10 bits per heavy atom. The van der Waals surface area contributed by atoms with Crippen molar-refractivity contribution < 1.29 is 13.6 Å². The molecule has 208 valence electrons. The first-order valence-electron chi connectivity index (χ1n) is 13.8. The highest BCUT2D eigenvalue weighted by Gasteiger charge is 2.34. The van der Waals surface area contributed by atoms with Gasteiger partial charge in [0.25, 0.3) is 6.43 Å². The summed E-state index contributed by atoms with van der Waals surface area (Å²) in [6.07, 6.45) is 5.26. The van der Waals surface area contributed by atoms with Crippen LogP contribution < -0.4 is 10.2 Å². The number of likely N-dealkylation sites (tertiary alicyclic amines) is 1. The Morgan fingerprint density at radius 2 is 1.90 bits per heavy atom. The topological polar surface area (TPSA) is 74.5 Å². The van der Waals surface area contributed by atoms with Crippen LogP contribution in [0.25, 0.3) is 11.1 Å². The van der Waals surface area contributed by atoms with Crippen molar-refractivity contribution in [1.29, 1.82) is 0 Å². The van der Waals surface area contributed by atoms with E-state index in [1.807, 2.05) is 11.0 Å². The van der Waals surface area contributed by atoms with Crippen molar-refractivity contribution in [2.24, 2.45) is 7.05 Å². The first kappa shape index (κ1) is 25.8. The fourth-order valence-corrected chi connectivity index (χ4v) is 6.38. The molecule has 1 N–H and O–H groups in total. The number of amides is 2. The largest absolute Gasteiger partial charge is 0.341 e. The lowest BCUT2D eigenvalue weighted by Crippen LogP contribution is -2.42. The lowest BCUT2D eigenvalue weighted by Gasteiger charge is -2.33. The van der Waals surface area contributed by atoms with Crippen molar-refractivity contribution in [1.82, 2.24) is 34.7 Å². The number of anilines is 2. The molecule has 1 saturated heterocycles. The van der Waals surface area contributed by atoms with Gasteiger partial charge in [0, 0.05) is 67.9 Å². The van der Waals surface area contributed by atoms with E-state index in [0.717, 1.165) is 67.8 Å². The van der Waals surface area contributed by atoms with Gasteiger partial charge < -0.3 is 20.0 Å². The van der Waals surface area contributed by atoms with E-state index in [9.17, 15) is 13.6 Å². The van der Waals surface area contributed by atoms with Crippen molar-refractivity contribution in [2.45, 2.75) is 51.1 Å². The summed E-state index contributed by atoms with van der Waals surface area (Å²) >= 11 is 0. The summed E-state index contributed by atoms with van der Waals surface area (Å²) < 4.78 is 32.7. The Labute approximate surface area is 227 Å². The summed E-state index contributed by atoms with van der Waals surface area (Å²) in [5.74, 6) is 0.799. The molecule has 2 aromatic heterocycles. The Hall–Kier alpha value is -3.47. The van der Waals surface area contributed by atoms with Crippen LogP contribution in [0.4, 0.5) is 25.1 Å². The third-order valence-corrected chi connectivity index (χ3v) is 8.48. The number of halogens is 2. The number of nitrogens with zero attached hydrogens (tertiary/aromatic N) is 7. The number of carbonyl (C=O) groups excluding carboxylic acids is 1. The summed E-state index contributed by atoms with van der Waals surface area (Å²) in [5, 5.41) is 12.2. The second-order valence-corrected chi connectivity index (χ2v) is 11.0. The van der Waals surface area contributed by atoms with Gasteiger partial charge in [-0.1, -0.05) is 0 Å². The molecule has 0 atom stereocenters. The second kappa shape index (κ2) is 10.3. The van der Waals surface area contributed by atoms with Crippen molar-refractivity contribution in [3.8, 4) is 11.1 Å². The second-order valence-electron chi connectivity index (χ2n) is 11.0. The van der Waals surface area contributed by atoms with Gasteiger partial charge in [-0.2, -0.15) is 10.2 Å². The van der Waals surface area contributed by atoms with Crippen LogP contribution in [0.3, 0.4) is 0 Å². The highest BCUT2D eigenvalue weighted by molar-refractivity contribution is 5.78. The molecule has 39 heavy (non-hydrogen) atoms. The average molecular weight is 539 g/mol. The van der Waals surface area contributed by atoms with Crippen molar-refractivity contribution >= 4 is 17.5 Å². The van der Waals surface area contributed by atoms with Crippen molar-refractivity contribution in [3.05, 3.63) is 46.9 Å². The monoisotopic (exact) mass is 538 g/mol. The maximum absolute atomic E-state index is 14.4. The Morgan fingerprint density at radius 3 is 2.59 bits per heavy atom. The molecule has 2 amide bonds. The summed E-state index contributed by atoms with van der Waals surface area (Å²) in [6, 6.07) is 3.75. The van der Waals surface area contributed by atoms with Gasteiger partial charge in [-0.3, -0.25) is 9.36 Å². The van der Waals surface area contributed by atoms with E-state index in [4.69, 9.17) is 5.10 Å². The number of rotatable bonds is 4. The Kier molecular flexibility index (Phi) is 6.78. The van der Waals surface area contributed by atoms with E-state index in [1.54, 1.807) is 37.2 Å². The molecule has 0 spiro atoms. The minimum atomic E-state index is -2.62. The molecule has 0 radical (unpaired) electrons. The first-order chi connectivity index (χ1) is 18.8. The fourth-order valence-electron chi connectivity index (χ4n) is 6.38. The minimum Gasteiger partial charge on any atom is -0.341 e. The fraction of sp³-hybridized carbons (Fsp3) is 0.536. The van der Waals surface area contributed by atoms with E-state index < -0.39 is 6.43 Å². The molecule has 11 heteroatoms. The maximum Gasteiger partial charge on any atom is 0.317 e. The molecule has 0 unspecified atom stereocenters. The zero-order valence-corrected chi connectivity index (χ0v) is 22.8. The standard InChI is InChI=1S/C28H36F2N8O/c1-31-28(39)36-12-8-24-23(17-36)27(33-38(24)20-6-10-34(2)11-7-20)37-9-4-5-18-13-21(19-15-32-35(3)16-19)22(26(29)30)14-25(18)37/h13-16,20,26H,4-12,17H2,1-3H3,(H,31,39). The molecule has 0 saturated carbocycles. The number of hydrogen-bond acceptors (Lipinski definition) is 5. The summed E-state index contributed by atoms with van der Waals surface area (Å²) in [7, 11) is 5.58. The number of alkyl halides is 2. The van der Waals surface area contributed by atoms with Crippen molar-refractivity contribution in [3.63, 3.8) is 0 Å². The molecule has 3 aliphatic heterocycles. The molecule has 9 nitrogen and oxygen atoms in total. The predicted molar refractivity (Wildman–Crippen MR) is 145 cm³/mol. The van der Waals surface area contributed by atoms with Gasteiger partial charge >= 0.3 is 6.03 Å². The first-order valence-corrected chi connectivity index (χ1v) is 13.8. The summed E-state index contributed by atoms with van der Waals surface area (Å²) in [5.41, 5.74) is 5.26. The molecular weight excluding hydrogens is 502 g/mol. The highest BCUT2D eigenvalue weighted by atomic mass is 19.3. The SMILES string of the molecule is CNC(=O)N1CCc2c(c(N3CCCc4cc(-c5cnn(C)c5)c(C(F)F)cc43)nn2C2CCN(C)CC2)C1. The van der Waals surface area contributed by atoms with Gasteiger partial charge in [0.05, 0.1) is 18.8 Å². The van der Waals surface area contributed by atoms with Crippen LogP contribution in [-0.2, 0) is 26.4 Å². The van der Waals surface area contributed by atoms with Crippen LogP contribution >= 0.6 is 0 Å². The Bertz CT molecular complexity index is 1370. The van der Waals surface area contributed by atoms with E-state index >= 15 is 0 Å². The molecule has 1 fully saturated rings. The van der Waals surface area contributed by atoms with Gasteiger partial charge in [0.2, 0.25) is 0 Å². The zero-order chi connectivity index (χ0) is 27.3. The number of piperidine rings is 1. The van der Waals surface area contributed by atoms with Gasteiger partial charge in [0.1, 0.15) is 0 Å². The number of urea groups is 1. The molecular formula is C28H36F2N8O. The average Bonchev–Trinajstić information content (AvgIpc) is 3.55. The normalized spacial score (nSPS) is 18.4. The molecule has 6 rings (SSSR count). The van der Waals surface area contributed by atoms with E-state index in [0.29, 0.717) is 36.8 Å². The van der Waals surface area contributed by atoms with Crippen LogP contribution in [0.5, 0.6) is 0 Å². The van der Waals surface area contributed by atoms with E-state index in [-0.39, 0.29) is 11.6 Å². The van der Waals surface area contributed by atoms with Crippen LogP contribution in [0, 0.1) is 0 Å². The molecule has 1 aromatic carbocycles. The number of carbonyl (C=O) groups is 1. The van der Waals surface area contributed by atoms with Crippen LogP contribution in [-0.4, -0.2) is 75.7 Å². The quantitative estimate of drug-likeness (QED) is 0.537. The summed E-state index contributed by atoms with van der Waals surface area (Å²) in [6.45, 7) is 3.81. The lowest BCUT2D eigenvalue weighted by atomic mass is 9.92. The van der Waals surface area contributed by atoms with Crippen LogP contribution in [0.1, 0.15) is 54.1 Å². The maximum atomic E-state index is 14.4. The number of hydrogen-bond donors (Lipinski definition) is 1. The number of nitrogens with one attached hydrogen (secondary N) is 1. The molecule has 3 aliphatic rings. The third-order valence-electron chi connectivity index (χ3n) is 8.48. The van der Waals surface area contributed by atoms with Gasteiger partial charge in [-0.15, -0.1) is 0 Å². The third kappa shape index (κ3) is 4.66. The molecule has 0 bridgehead atoms. The Balaban J connectivity index is 1.45. The van der Waals surface area contributed by atoms with Crippen LogP contribution in [0.2, 0.25) is 0 Å². The highest BCUT2D eigenvalue weighted by Crippen LogP contribution is 2.43. The number of aryl methyl sites for hydroxylation is 2. The number of aromatic nitrogens is 4. The predicted octanol–water partition coefficient (Wildman–Crippen LogP) is 4.27. The van der Waals surface area contributed by atoms with Gasteiger partial charge in [-0.25, -0.2) is 13.6 Å². The number of benzene rings is 1. The lowest BCUT2D eigenvalue weighted by molar-refractivity contribution is 0.152. The summed E-state index contributed by atoms with van der Waals surface area (Å²) in [4.78, 5) is 18.9. The van der Waals surface area contributed by atoms with Crippen LogP contribution in [0.15, 0.2) is 24.5 Å². The van der Waals surface area contributed by atoms with Gasteiger partial charge in [-0.05, 0) is 69.1 Å². The smallest absolute Gasteiger partial charge is 0.317 e. The van der Waals surface area contributed by atoms with Crippen molar-refractivity contribution in [2.75, 3.05) is 45.2 Å². The number of fused-ring (bicyclic) bond motifs is 2. The minimum absolute atomic E-state index is 0.00394. The molecule has 3 aromatic rings.